The molecule has 0 radical (unpaired) electrons. The van der Waals surface area contributed by atoms with Gasteiger partial charge < -0.3 is 0 Å². The maximum absolute atomic E-state index is 13.1. The van der Waals surface area contributed by atoms with Crippen LogP contribution in [-0.4, -0.2) is 4.92 Å². The van der Waals surface area contributed by atoms with Crippen molar-refractivity contribution >= 4 is 5.69 Å². The number of nitrogens with zero attached hydrogens (tertiary/aromatic N) is 1. The molecule has 0 atom stereocenters. The van der Waals surface area contributed by atoms with Gasteiger partial charge in [-0.3, -0.25) is 10.1 Å². The second-order valence-electron chi connectivity index (χ2n) is 3.13. The van der Waals surface area contributed by atoms with E-state index in [4.69, 9.17) is 0 Å². The first-order chi connectivity index (χ1) is 6.20. The van der Waals surface area contributed by atoms with Crippen molar-refractivity contribution in [3.8, 4) is 0 Å². The molecule has 0 spiro atoms. The Balaban J connectivity index is 2.62. The number of fused-ring (bicyclic) bond motifs is 1. The molecule has 13 heavy (non-hydrogen) atoms. The third-order valence-corrected chi connectivity index (χ3v) is 2.40. The van der Waals surface area contributed by atoms with Gasteiger partial charge in [0.15, 0.2) is 0 Å². The smallest absolute Gasteiger partial charge is 0.258 e. The summed E-state index contributed by atoms with van der Waals surface area (Å²) in [4.78, 5) is 10.1. The molecule has 0 saturated carbocycles. The van der Waals surface area contributed by atoms with Gasteiger partial charge in [-0.05, 0) is 30.9 Å². The first kappa shape index (κ1) is 8.16. The van der Waals surface area contributed by atoms with Crippen LogP contribution in [-0.2, 0) is 12.8 Å². The van der Waals surface area contributed by atoms with Crippen molar-refractivity contribution in [1.29, 1.82) is 0 Å². The number of halogens is 1. The highest BCUT2D eigenvalue weighted by Gasteiger charge is 2.24. The van der Waals surface area contributed by atoms with Crippen molar-refractivity contribution in [1.82, 2.24) is 0 Å². The molecule has 1 aromatic carbocycles. The van der Waals surface area contributed by atoms with Crippen molar-refractivity contribution < 1.29 is 9.31 Å². The van der Waals surface area contributed by atoms with Crippen LogP contribution in [0, 0.1) is 15.9 Å². The lowest BCUT2D eigenvalue weighted by Gasteiger charge is -2.00. The van der Waals surface area contributed by atoms with E-state index in [2.05, 4.69) is 0 Å². The van der Waals surface area contributed by atoms with Crippen LogP contribution in [0.2, 0.25) is 0 Å². The van der Waals surface area contributed by atoms with Crippen LogP contribution in [0.5, 0.6) is 0 Å². The quantitative estimate of drug-likeness (QED) is 0.492. The molecule has 0 N–H and O–H groups in total. The van der Waals surface area contributed by atoms with Gasteiger partial charge in [-0.25, -0.2) is 4.39 Å². The van der Waals surface area contributed by atoms with Crippen molar-refractivity contribution in [3.05, 3.63) is 39.2 Å². The van der Waals surface area contributed by atoms with E-state index in [0.29, 0.717) is 24.0 Å². The van der Waals surface area contributed by atoms with Crippen LogP contribution in [0.4, 0.5) is 10.1 Å². The van der Waals surface area contributed by atoms with E-state index in [1.54, 1.807) is 0 Å². The maximum atomic E-state index is 13.1. The highest BCUT2D eigenvalue weighted by atomic mass is 19.1. The molecule has 1 aliphatic carbocycles. The molecule has 1 aromatic rings. The molecule has 68 valence electrons. The van der Waals surface area contributed by atoms with E-state index >= 15 is 0 Å². The van der Waals surface area contributed by atoms with Crippen LogP contribution < -0.4 is 0 Å². The second kappa shape index (κ2) is 2.80. The number of nitro benzene ring substituents is 1. The zero-order valence-electron chi connectivity index (χ0n) is 6.92. The van der Waals surface area contributed by atoms with Crippen LogP contribution in [0.3, 0.4) is 0 Å². The monoisotopic (exact) mass is 181 g/mol. The van der Waals surface area contributed by atoms with Crippen LogP contribution in [0.25, 0.3) is 0 Å². The van der Waals surface area contributed by atoms with Gasteiger partial charge in [0.2, 0.25) is 0 Å². The average Bonchev–Trinajstić information content (AvgIpc) is 2.53. The highest BCUT2D eigenvalue weighted by Crippen LogP contribution is 2.31. The molecule has 0 fully saturated rings. The van der Waals surface area contributed by atoms with E-state index in [0.717, 1.165) is 6.42 Å². The summed E-state index contributed by atoms with van der Waals surface area (Å²) < 4.78 is 13.1. The normalized spacial score (nSPS) is 14.2. The van der Waals surface area contributed by atoms with Gasteiger partial charge >= 0.3 is 0 Å². The molecule has 0 aliphatic heterocycles. The molecule has 2 rings (SSSR count). The Kier molecular flexibility index (Phi) is 1.76. The summed E-state index contributed by atoms with van der Waals surface area (Å²) in [5.41, 5.74) is 1.19. The van der Waals surface area contributed by atoms with E-state index < -0.39 is 4.92 Å². The number of rotatable bonds is 1. The van der Waals surface area contributed by atoms with E-state index in [-0.39, 0.29) is 11.5 Å². The van der Waals surface area contributed by atoms with Crippen molar-refractivity contribution in [2.24, 2.45) is 0 Å². The Labute approximate surface area is 74.3 Å². The number of benzene rings is 1. The van der Waals surface area contributed by atoms with E-state index in [1.807, 2.05) is 0 Å². The summed E-state index contributed by atoms with van der Waals surface area (Å²) in [6, 6.07) is 2.43. The zero-order valence-corrected chi connectivity index (χ0v) is 6.92. The van der Waals surface area contributed by atoms with E-state index in [9.17, 15) is 14.5 Å². The molecule has 0 aromatic heterocycles. The topological polar surface area (TPSA) is 43.1 Å². The molecule has 0 bridgehead atoms. The fourth-order valence-electron chi connectivity index (χ4n) is 1.81. The minimum atomic E-state index is -0.441. The number of nitro groups is 1. The molecule has 0 amide bonds. The molecule has 3 nitrogen and oxygen atoms in total. The molecular weight excluding hydrogens is 173 g/mol. The maximum Gasteiger partial charge on any atom is 0.273 e. The molecule has 0 saturated heterocycles. The van der Waals surface area contributed by atoms with Gasteiger partial charge in [-0.2, -0.15) is 0 Å². The summed E-state index contributed by atoms with van der Waals surface area (Å²) in [6.45, 7) is 0. The van der Waals surface area contributed by atoms with Crippen LogP contribution in [0.1, 0.15) is 17.5 Å². The Hall–Kier alpha value is -1.45. The zero-order chi connectivity index (χ0) is 9.42. The lowest BCUT2D eigenvalue weighted by molar-refractivity contribution is -0.385. The molecule has 1 aliphatic rings. The second-order valence-corrected chi connectivity index (χ2v) is 3.13. The van der Waals surface area contributed by atoms with E-state index in [1.165, 1.54) is 12.1 Å². The molecule has 4 heteroatoms. The summed E-state index contributed by atoms with van der Waals surface area (Å²) in [5, 5.41) is 10.6. The SMILES string of the molecule is O=[N+]([O-])c1ccc(F)c2c1CCC2. The Morgan fingerprint density at radius 2 is 2.00 bits per heavy atom. The predicted octanol–water partition coefficient (Wildman–Crippen LogP) is 2.22. The molecule has 0 heterocycles. The Bertz CT molecular complexity index is 376. The Morgan fingerprint density at radius 3 is 2.69 bits per heavy atom. The van der Waals surface area contributed by atoms with Crippen molar-refractivity contribution in [2.45, 2.75) is 19.3 Å². The van der Waals surface area contributed by atoms with Gasteiger partial charge in [0.1, 0.15) is 5.82 Å². The lowest BCUT2D eigenvalue weighted by Crippen LogP contribution is -1.96. The highest BCUT2D eigenvalue weighted by molar-refractivity contribution is 5.48. The Morgan fingerprint density at radius 1 is 1.31 bits per heavy atom. The number of hydrogen-bond acceptors (Lipinski definition) is 2. The van der Waals surface area contributed by atoms with Gasteiger partial charge in [0.05, 0.1) is 4.92 Å². The third-order valence-electron chi connectivity index (χ3n) is 2.40. The van der Waals surface area contributed by atoms with Gasteiger partial charge in [0, 0.05) is 11.6 Å². The summed E-state index contributed by atoms with van der Waals surface area (Å²) in [7, 11) is 0. The summed E-state index contributed by atoms with van der Waals surface area (Å²) >= 11 is 0. The van der Waals surface area contributed by atoms with Gasteiger partial charge in [0.25, 0.3) is 5.69 Å². The molecular formula is C9H8FNO2. The average molecular weight is 181 g/mol. The standard InChI is InChI=1S/C9H8FNO2/c10-8-4-5-9(11(12)13)7-3-1-2-6(7)8/h4-5H,1-3H2. The fraction of sp³-hybridized carbons (Fsp3) is 0.333. The first-order valence-electron chi connectivity index (χ1n) is 4.15. The largest absolute Gasteiger partial charge is 0.273 e. The van der Waals surface area contributed by atoms with Gasteiger partial charge in [-0.1, -0.05) is 0 Å². The fourth-order valence-corrected chi connectivity index (χ4v) is 1.81. The first-order valence-corrected chi connectivity index (χ1v) is 4.15. The summed E-state index contributed by atoms with van der Waals surface area (Å²) in [6.07, 6.45) is 2.07. The van der Waals surface area contributed by atoms with Gasteiger partial charge in [-0.15, -0.1) is 0 Å². The van der Waals surface area contributed by atoms with Crippen LogP contribution >= 0.6 is 0 Å². The predicted molar refractivity (Wildman–Crippen MR) is 45.1 cm³/mol. The third kappa shape index (κ3) is 1.18. The molecule has 0 unspecified atom stereocenters. The number of hydrogen-bond donors (Lipinski definition) is 0. The lowest BCUT2D eigenvalue weighted by atomic mass is 10.1. The van der Waals surface area contributed by atoms with Crippen LogP contribution in [0.15, 0.2) is 12.1 Å². The summed E-state index contributed by atoms with van der Waals surface area (Å²) in [5.74, 6) is -0.307. The van der Waals surface area contributed by atoms with Crippen molar-refractivity contribution in [3.63, 3.8) is 0 Å². The minimum Gasteiger partial charge on any atom is -0.258 e. The van der Waals surface area contributed by atoms with Crippen molar-refractivity contribution in [2.75, 3.05) is 0 Å². The minimum absolute atomic E-state index is 0.0638.